The van der Waals surface area contributed by atoms with Crippen LogP contribution >= 0.6 is 0 Å². The lowest BCUT2D eigenvalue weighted by atomic mass is 10.0. The third kappa shape index (κ3) is 6.09. The van der Waals surface area contributed by atoms with E-state index in [2.05, 4.69) is 10.6 Å². The van der Waals surface area contributed by atoms with Crippen molar-refractivity contribution in [2.75, 3.05) is 5.32 Å². The van der Waals surface area contributed by atoms with E-state index in [9.17, 15) is 19.7 Å². The van der Waals surface area contributed by atoms with Gasteiger partial charge in [-0.15, -0.1) is 0 Å². The highest BCUT2D eigenvalue weighted by atomic mass is 16.6. The van der Waals surface area contributed by atoms with Gasteiger partial charge in [0.2, 0.25) is 0 Å². The Morgan fingerprint density at radius 3 is 2.19 bits per heavy atom. The second kappa shape index (κ2) is 11.4. The highest BCUT2D eigenvalue weighted by Gasteiger charge is 2.17. The monoisotopic (exact) mass is 477 g/mol. The molecule has 0 spiro atoms. The van der Waals surface area contributed by atoms with E-state index in [0.29, 0.717) is 34.5 Å². The lowest BCUT2D eigenvalue weighted by molar-refractivity contribution is -0.384. The molecule has 4 aromatic carbocycles. The Morgan fingerprint density at radius 2 is 1.47 bits per heavy atom. The number of benzene rings is 4. The van der Waals surface area contributed by atoms with Crippen molar-refractivity contribution in [2.45, 2.75) is 6.54 Å². The number of nitro groups is 1. The molecule has 4 rings (SSSR count). The minimum Gasteiger partial charge on any atom is -0.348 e. The highest BCUT2D eigenvalue weighted by molar-refractivity contribution is 6.29. The predicted octanol–water partition coefficient (Wildman–Crippen LogP) is 5.70. The third-order valence-electron chi connectivity index (χ3n) is 5.44. The quantitative estimate of drug-likeness (QED) is 0.147. The number of hydrogen-bond acceptors (Lipinski definition) is 4. The molecule has 0 heterocycles. The summed E-state index contributed by atoms with van der Waals surface area (Å²) >= 11 is 0. The van der Waals surface area contributed by atoms with E-state index in [1.54, 1.807) is 66.7 Å². The molecule has 2 N–H and O–H groups in total. The van der Waals surface area contributed by atoms with Crippen molar-refractivity contribution in [2.24, 2.45) is 0 Å². The van der Waals surface area contributed by atoms with Crippen molar-refractivity contribution in [1.82, 2.24) is 5.32 Å². The molecule has 0 bridgehead atoms. The molecule has 178 valence electrons. The highest BCUT2D eigenvalue weighted by Crippen LogP contribution is 2.24. The summed E-state index contributed by atoms with van der Waals surface area (Å²) in [6, 6.07) is 31.3. The number of nitro benzene ring substituents is 1. The second-order valence-corrected chi connectivity index (χ2v) is 7.94. The molecule has 0 saturated carbocycles. The molecule has 0 atom stereocenters. The summed E-state index contributed by atoms with van der Waals surface area (Å²) in [4.78, 5) is 37.1. The number of non-ortho nitro benzene ring substituents is 1. The Balaban J connectivity index is 1.61. The van der Waals surface area contributed by atoms with Gasteiger partial charge in [0, 0.05) is 24.3 Å². The SMILES string of the molecule is O=C(Nc1ccccc1C(=O)NCc1ccccc1)/C(=C/c1cccc([N+](=O)[O-])c1)c1ccccc1. The average molecular weight is 478 g/mol. The molecule has 0 aliphatic heterocycles. The first-order valence-corrected chi connectivity index (χ1v) is 11.3. The van der Waals surface area contributed by atoms with Crippen LogP contribution in [0.25, 0.3) is 11.6 Å². The van der Waals surface area contributed by atoms with Gasteiger partial charge < -0.3 is 10.6 Å². The van der Waals surface area contributed by atoms with E-state index in [1.807, 2.05) is 36.4 Å². The van der Waals surface area contributed by atoms with Gasteiger partial charge in [-0.05, 0) is 34.9 Å². The molecule has 7 heteroatoms. The van der Waals surface area contributed by atoms with Crippen molar-refractivity contribution in [3.63, 3.8) is 0 Å². The summed E-state index contributed by atoms with van der Waals surface area (Å²) < 4.78 is 0. The smallest absolute Gasteiger partial charge is 0.270 e. The fourth-order valence-electron chi connectivity index (χ4n) is 3.65. The molecule has 7 nitrogen and oxygen atoms in total. The molecule has 0 fully saturated rings. The predicted molar refractivity (Wildman–Crippen MR) is 140 cm³/mol. The van der Waals surface area contributed by atoms with E-state index in [1.165, 1.54) is 12.1 Å². The zero-order valence-corrected chi connectivity index (χ0v) is 19.3. The first-order chi connectivity index (χ1) is 17.5. The molecule has 0 aliphatic carbocycles. The van der Waals surface area contributed by atoms with Gasteiger partial charge in [0.05, 0.1) is 16.2 Å². The second-order valence-electron chi connectivity index (χ2n) is 7.94. The number of rotatable bonds is 8. The number of amides is 2. The first kappa shape index (κ1) is 24.1. The molecular weight excluding hydrogens is 454 g/mol. The molecule has 4 aromatic rings. The number of anilines is 1. The lowest BCUT2D eigenvalue weighted by Gasteiger charge is -2.14. The van der Waals surface area contributed by atoms with E-state index < -0.39 is 10.8 Å². The zero-order valence-electron chi connectivity index (χ0n) is 19.3. The van der Waals surface area contributed by atoms with Crippen LogP contribution in [-0.4, -0.2) is 16.7 Å². The fraction of sp³-hybridized carbons (Fsp3) is 0.0345. The largest absolute Gasteiger partial charge is 0.348 e. The van der Waals surface area contributed by atoms with Gasteiger partial charge in [-0.2, -0.15) is 0 Å². The van der Waals surface area contributed by atoms with Gasteiger partial charge in [0.15, 0.2) is 0 Å². The van der Waals surface area contributed by atoms with Crippen LogP contribution in [-0.2, 0) is 11.3 Å². The van der Waals surface area contributed by atoms with Crippen LogP contribution in [0.3, 0.4) is 0 Å². The van der Waals surface area contributed by atoms with Gasteiger partial charge in [0.1, 0.15) is 0 Å². The van der Waals surface area contributed by atoms with E-state index in [4.69, 9.17) is 0 Å². The van der Waals surface area contributed by atoms with Crippen molar-refractivity contribution in [1.29, 1.82) is 0 Å². The van der Waals surface area contributed by atoms with Crippen LogP contribution < -0.4 is 10.6 Å². The Labute approximate surface area is 208 Å². The number of para-hydroxylation sites is 1. The summed E-state index contributed by atoms with van der Waals surface area (Å²) in [5.41, 5.74) is 3.00. The molecule has 0 aliphatic rings. The van der Waals surface area contributed by atoms with Gasteiger partial charge in [0.25, 0.3) is 17.5 Å². The maximum atomic E-state index is 13.4. The normalized spacial score (nSPS) is 10.9. The Hall–Kier alpha value is -5.04. The molecule has 0 unspecified atom stereocenters. The van der Waals surface area contributed by atoms with Crippen LogP contribution in [0.2, 0.25) is 0 Å². The number of carbonyl (C=O) groups excluding carboxylic acids is 2. The van der Waals surface area contributed by atoms with Crippen molar-refractivity contribution >= 4 is 34.8 Å². The van der Waals surface area contributed by atoms with Crippen LogP contribution in [0.4, 0.5) is 11.4 Å². The van der Waals surface area contributed by atoms with Gasteiger partial charge in [-0.1, -0.05) is 84.9 Å². The average Bonchev–Trinajstić information content (AvgIpc) is 2.92. The number of carbonyl (C=O) groups is 2. The van der Waals surface area contributed by atoms with Crippen LogP contribution in [0, 0.1) is 10.1 Å². The number of nitrogens with one attached hydrogen (secondary N) is 2. The van der Waals surface area contributed by atoms with Gasteiger partial charge >= 0.3 is 0 Å². The summed E-state index contributed by atoms with van der Waals surface area (Å²) in [5.74, 6) is -0.769. The standard InChI is InChI=1S/C29H23N3O4/c33-28(30-20-21-10-3-1-4-11-21)25-16-7-8-17-27(25)31-29(34)26(23-13-5-2-6-14-23)19-22-12-9-15-24(18-22)32(35)36/h1-19H,20H2,(H,30,33)(H,31,34)/b26-19+. The summed E-state index contributed by atoms with van der Waals surface area (Å²) in [6.45, 7) is 0.351. The van der Waals surface area contributed by atoms with Gasteiger partial charge in [-0.25, -0.2) is 0 Å². The third-order valence-corrected chi connectivity index (χ3v) is 5.44. The topological polar surface area (TPSA) is 101 Å². The summed E-state index contributed by atoms with van der Waals surface area (Å²) in [6.07, 6.45) is 1.59. The Kier molecular flexibility index (Phi) is 7.63. The molecule has 36 heavy (non-hydrogen) atoms. The van der Waals surface area contributed by atoms with Crippen molar-refractivity contribution < 1.29 is 14.5 Å². The van der Waals surface area contributed by atoms with E-state index in [0.717, 1.165) is 5.56 Å². The molecule has 2 amide bonds. The maximum Gasteiger partial charge on any atom is 0.270 e. The zero-order chi connectivity index (χ0) is 25.3. The summed E-state index contributed by atoms with van der Waals surface area (Å²) in [5, 5.41) is 16.9. The van der Waals surface area contributed by atoms with Crippen LogP contribution in [0.15, 0.2) is 109 Å². The summed E-state index contributed by atoms with van der Waals surface area (Å²) in [7, 11) is 0. The van der Waals surface area contributed by atoms with Crippen LogP contribution in [0.5, 0.6) is 0 Å². The first-order valence-electron chi connectivity index (χ1n) is 11.3. The Bertz CT molecular complexity index is 1420. The Morgan fingerprint density at radius 1 is 0.806 bits per heavy atom. The fourth-order valence-corrected chi connectivity index (χ4v) is 3.65. The van der Waals surface area contributed by atoms with Crippen molar-refractivity contribution in [3.05, 3.63) is 142 Å². The molecule has 0 radical (unpaired) electrons. The van der Waals surface area contributed by atoms with E-state index in [-0.39, 0.29) is 11.6 Å². The molecule has 0 saturated heterocycles. The minimum absolute atomic E-state index is 0.0722. The lowest BCUT2D eigenvalue weighted by Crippen LogP contribution is -2.25. The van der Waals surface area contributed by atoms with Crippen LogP contribution in [0.1, 0.15) is 27.0 Å². The maximum absolute atomic E-state index is 13.4. The van der Waals surface area contributed by atoms with E-state index >= 15 is 0 Å². The molecule has 0 aromatic heterocycles. The van der Waals surface area contributed by atoms with Crippen molar-refractivity contribution in [3.8, 4) is 0 Å². The number of nitrogens with zero attached hydrogens (tertiary/aromatic N) is 1. The molecular formula is C29H23N3O4. The van der Waals surface area contributed by atoms with Gasteiger partial charge in [-0.3, -0.25) is 19.7 Å². The number of hydrogen-bond donors (Lipinski definition) is 2. The minimum atomic E-state index is -0.482.